The fourth-order valence-electron chi connectivity index (χ4n) is 4.67. The zero-order valence-corrected chi connectivity index (χ0v) is 18.0. The molecule has 30 heavy (non-hydrogen) atoms. The minimum Gasteiger partial charge on any atom is -0.456 e. The number of fused-ring (bicyclic) bond motifs is 1. The largest absolute Gasteiger partial charge is 0.456 e. The van der Waals surface area contributed by atoms with Gasteiger partial charge >= 0.3 is 0 Å². The summed E-state index contributed by atoms with van der Waals surface area (Å²) in [6.07, 6.45) is 3.25. The van der Waals surface area contributed by atoms with Gasteiger partial charge in [0.2, 0.25) is 0 Å². The number of aryl methyl sites for hydroxylation is 3. The second-order valence-corrected chi connectivity index (χ2v) is 8.52. The SMILES string of the molecule is Cc1cc(C)cc(-c2c(C)c(C)cc3c2C=C(c2ccc(-c4ccccc4)o2)C3)c1. The summed E-state index contributed by atoms with van der Waals surface area (Å²) in [6.45, 7) is 8.82. The third-order valence-corrected chi connectivity index (χ3v) is 6.16. The summed E-state index contributed by atoms with van der Waals surface area (Å²) in [5, 5.41) is 0. The average Bonchev–Trinajstić information content (AvgIpc) is 3.36. The Balaban J connectivity index is 1.61. The predicted molar refractivity (Wildman–Crippen MR) is 127 cm³/mol. The molecule has 0 spiro atoms. The van der Waals surface area contributed by atoms with Crippen molar-refractivity contribution in [2.45, 2.75) is 34.1 Å². The van der Waals surface area contributed by atoms with E-state index >= 15 is 0 Å². The summed E-state index contributed by atoms with van der Waals surface area (Å²) in [6, 6.07) is 23.7. The van der Waals surface area contributed by atoms with Gasteiger partial charge in [-0.15, -0.1) is 0 Å². The van der Waals surface area contributed by atoms with Crippen LogP contribution >= 0.6 is 0 Å². The fraction of sp³-hybridized carbons (Fsp3) is 0.172. The van der Waals surface area contributed by atoms with Crippen LogP contribution in [0.2, 0.25) is 0 Å². The highest BCUT2D eigenvalue weighted by atomic mass is 16.3. The van der Waals surface area contributed by atoms with Crippen LogP contribution in [0.4, 0.5) is 0 Å². The van der Waals surface area contributed by atoms with Crippen LogP contribution < -0.4 is 0 Å². The average molecular weight is 391 g/mol. The lowest BCUT2D eigenvalue weighted by Gasteiger charge is -2.16. The molecule has 1 aliphatic rings. The molecule has 0 radical (unpaired) electrons. The van der Waals surface area contributed by atoms with Gasteiger partial charge in [-0.2, -0.15) is 0 Å². The van der Waals surface area contributed by atoms with Gasteiger partial charge in [-0.25, -0.2) is 0 Å². The third-order valence-electron chi connectivity index (χ3n) is 6.16. The van der Waals surface area contributed by atoms with Gasteiger partial charge in [0.05, 0.1) is 0 Å². The number of hydrogen-bond acceptors (Lipinski definition) is 1. The van der Waals surface area contributed by atoms with Crippen molar-refractivity contribution in [3.8, 4) is 22.5 Å². The first-order valence-electron chi connectivity index (χ1n) is 10.6. The molecule has 3 aromatic carbocycles. The summed E-state index contributed by atoms with van der Waals surface area (Å²) in [5.41, 5.74) is 13.1. The molecule has 1 nitrogen and oxygen atoms in total. The van der Waals surface area contributed by atoms with E-state index < -0.39 is 0 Å². The molecule has 1 aromatic heterocycles. The Labute approximate surface area is 178 Å². The van der Waals surface area contributed by atoms with Crippen LogP contribution in [0.25, 0.3) is 34.1 Å². The molecule has 0 saturated carbocycles. The predicted octanol–water partition coefficient (Wildman–Crippen LogP) is 7.94. The van der Waals surface area contributed by atoms with E-state index in [2.05, 4.69) is 82.3 Å². The van der Waals surface area contributed by atoms with Crippen molar-refractivity contribution in [1.29, 1.82) is 0 Å². The summed E-state index contributed by atoms with van der Waals surface area (Å²) in [7, 11) is 0. The van der Waals surface area contributed by atoms with Crippen LogP contribution in [0.15, 0.2) is 71.1 Å². The highest BCUT2D eigenvalue weighted by molar-refractivity contribution is 5.94. The molecule has 0 atom stereocenters. The Morgan fingerprint density at radius 2 is 1.40 bits per heavy atom. The summed E-state index contributed by atoms with van der Waals surface area (Å²) in [4.78, 5) is 0. The zero-order chi connectivity index (χ0) is 20.8. The molecule has 0 aliphatic heterocycles. The fourth-order valence-corrected chi connectivity index (χ4v) is 4.67. The maximum absolute atomic E-state index is 6.26. The molecule has 0 fully saturated rings. The Morgan fingerprint density at radius 1 is 0.700 bits per heavy atom. The molecule has 0 bridgehead atoms. The molecule has 1 aliphatic carbocycles. The van der Waals surface area contributed by atoms with Gasteiger partial charge < -0.3 is 4.42 Å². The Morgan fingerprint density at radius 3 is 2.13 bits per heavy atom. The number of furan rings is 1. The maximum Gasteiger partial charge on any atom is 0.134 e. The molecule has 0 saturated heterocycles. The molecule has 0 amide bonds. The standard InChI is InChI=1S/C29H26O/c1-18-12-19(2)14-25(13-18)29-21(4)20(3)15-23-16-24(17-26(23)29)28-11-10-27(30-28)22-8-6-5-7-9-22/h5-15,17H,16H2,1-4H3. The van der Waals surface area contributed by atoms with Gasteiger partial charge in [0.25, 0.3) is 0 Å². The highest BCUT2D eigenvalue weighted by Gasteiger charge is 2.23. The third kappa shape index (κ3) is 3.21. The van der Waals surface area contributed by atoms with Crippen LogP contribution in [-0.2, 0) is 6.42 Å². The second kappa shape index (κ2) is 7.18. The zero-order valence-electron chi connectivity index (χ0n) is 18.0. The second-order valence-electron chi connectivity index (χ2n) is 8.52. The van der Waals surface area contributed by atoms with Crippen LogP contribution in [0.1, 0.15) is 39.1 Å². The summed E-state index contributed by atoms with van der Waals surface area (Å²) < 4.78 is 6.26. The van der Waals surface area contributed by atoms with Crippen LogP contribution in [0.5, 0.6) is 0 Å². The van der Waals surface area contributed by atoms with E-state index in [9.17, 15) is 0 Å². The van der Waals surface area contributed by atoms with E-state index in [1.165, 1.54) is 50.1 Å². The first-order chi connectivity index (χ1) is 14.5. The normalized spacial score (nSPS) is 12.7. The van der Waals surface area contributed by atoms with Crippen molar-refractivity contribution < 1.29 is 4.42 Å². The van der Waals surface area contributed by atoms with Crippen molar-refractivity contribution in [3.05, 3.63) is 106 Å². The molecular weight excluding hydrogens is 364 g/mol. The Hall–Kier alpha value is -3.32. The van der Waals surface area contributed by atoms with E-state index in [0.717, 1.165) is 23.5 Å². The lowest BCUT2D eigenvalue weighted by atomic mass is 9.88. The number of hydrogen-bond donors (Lipinski definition) is 0. The molecule has 1 heterocycles. The lowest BCUT2D eigenvalue weighted by molar-refractivity contribution is 0.566. The van der Waals surface area contributed by atoms with Crippen molar-refractivity contribution in [3.63, 3.8) is 0 Å². The Bertz CT molecular complexity index is 1270. The summed E-state index contributed by atoms with van der Waals surface area (Å²) >= 11 is 0. The van der Waals surface area contributed by atoms with Crippen LogP contribution in [-0.4, -0.2) is 0 Å². The van der Waals surface area contributed by atoms with E-state index in [1.807, 2.05) is 18.2 Å². The van der Waals surface area contributed by atoms with E-state index in [4.69, 9.17) is 4.42 Å². The Kier molecular flexibility index (Phi) is 4.47. The van der Waals surface area contributed by atoms with Crippen molar-refractivity contribution in [2.75, 3.05) is 0 Å². The molecule has 0 N–H and O–H groups in total. The summed E-state index contributed by atoms with van der Waals surface area (Å²) in [5.74, 6) is 1.89. The first-order valence-corrected chi connectivity index (χ1v) is 10.6. The molecular formula is C29H26O. The topological polar surface area (TPSA) is 13.1 Å². The van der Waals surface area contributed by atoms with Gasteiger partial charge in [-0.1, -0.05) is 65.7 Å². The van der Waals surface area contributed by atoms with E-state index in [-0.39, 0.29) is 0 Å². The van der Waals surface area contributed by atoms with Crippen molar-refractivity contribution in [1.82, 2.24) is 0 Å². The number of benzene rings is 3. The van der Waals surface area contributed by atoms with Gasteiger partial charge in [0, 0.05) is 12.0 Å². The van der Waals surface area contributed by atoms with Gasteiger partial charge in [-0.05, 0) is 84.9 Å². The maximum atomic E-state index is 6.26. The first kappa shape index (κ1) is 18.7. The van der Waals surface area contributed by atoms with Gasteiger partial charge in [0.15, 0.2) is 0 Å². The lowest BCUT2D eigenvalue weighted by Crippen LogP contribution is -1.96. The monoisotopic (exact) mass is 390 g/mol. The number of rotatable bonds is 3. The van der Waals surface area contributed by atoms with Crippen molar-refractivity contribution in [2.24, 2.45) is 0 Å². The minimum absolute atomic E-state index is 0.913. The van der Waals surface area contributed by atoms with Gasteiger partial charge in [0.1, 0.15) is 11.5 Å². The molecule has 148 valence electrons. The highest BCUT2D eigenvalue weighted by Crippen LogP contribution is 2.42. The molecule has 4 aromatic rings. The van der Waals surface area contributed by atoms with Crippen LogP contribution in [0.3, 0.4) is 0 Å². The van der Waals surface area contributed by atoms with Gasteiger partial charge in [-0.3, -0.25) is 0 Å². The molecule has 1 heteroatoms. The number of allylic oxidation sites excluding steroid dienone is 1. The van der Waals surface area contributed by atoms with E-state index in [1.54, 1.807) is 0 Å². The van der Waals surface area contributed by atoms with Crippen LogP contribution in [0, 0.1) is 27.7 Å². The molecule has 5 rings (SSSR count). The quantitative estimate of drug-likeness (QED) is 0.346. The van der Waals surface area contributed by atoms with Crippen molar-refractivity contribution >= 4 is 11.6 Å². The van der Waals surface area contributed by atoms with E-state index in [0.29, 0.717) is 0 Å². The smallest absolute Gasteiger partial charge is 0.134 e. The minimum atomic E-state index is 0.913. The molecule has 0 unspecified atom stereocenters.